The maximum atomic E-state index is 5.85. The minimum Gasteiger partial charge on any atom is -0.490 e. The molecule has 3 rings (SSSR count). The number of rotatable bonds is 6. The Morgan fingerprint density at radius 1 is 1.24 bits per heavy atom. The van der Waals surface area contributed by atoms with E-state index in [9.17, 15) is 0 Å². The molecule has 0 atom stereocenters. The third kappa shape index (κ3) is 3.72. The first-order valence-corrected chi connectivity index (χ1v) is 7.61. The quantitative estimate of drug-likeness (QED) is 0.875. The van der Waals surface area contributed by atoms with Crippen LogP contribution in [0.5, 0.6) is 5.75 Å². The number of hydrogen-bond donors (Lipinski definition) is 1. The van der Waals surface area contributed by atoms with Crippen molar-refractivity contribution in [3.05, 3.63) is 36.0 Å². The molecule has 0 unspecified atom stereocenters. The maximum absolute atomic E-state index is 5.85. The van der Waals surface area contributed by atoms with Crippen molar-refractivity contribution >= 4 is 5.95 Å². The minimum atomic E-state index is 0.411. The molecule has 1 heterocycles. The van der Waals surface area contributed by atoms with Crippen molar-refractivity contribution in [3.63, 3.8) is 0 Å². The van der Waals surface area contributed by atoms with Gasteiger partial charge in [0.15, 0.2) is 0 Å². The highest BCUT2D eigenvalue weighted by molar-refractivity contribution is 5.62. The molecular formula is C17H21N3O. The van der Waals surface area contributed by atoms with Crippen molar-refractivity contribution in [1.82, 2.24) is 9.97 Å². The molecule has 0 saturated heterocycles. The molecule has 4 nitrogen and oxygen atoms in total. The van der Waals surface area contributed by atoms with Gasteiger partial charge in [0, 0.05) is 17.8 Å². The lowest BCUT2D eigenvalue weighted by atomic mass is 10.1. The molecule has 0 amide bonds. The first-order chi connectivity index (χ1) is 10.2. The summed E-state index contributed by atoms with van der Waals surface area (Å²) in [5.74, 6) is 1.62. The second kappa shape index (κ2) is 6.12. The summed E-state index contributed by atoms with van der Waals surface area (Å²) in [4.78, 5) is 9.02. The molecule has 1 aromatic carbocycles. The molecule has 1 aromatic heterocycles. The molecule has 1 saturated carbocycles. The number of anilines is 1. The van der Waals surface area contributed by atoms with Gasteiger partial charge in [0.25, 0.3) is 0 Å². The summed E-state index contributed by atoms with van der Waals surface area (Å²) in [7, 11) is 0. The summed E-state index contributed by atoms with van der Waals surface area (Å²) in [6.07, 6.45) is 3.80. The molecule has 1 aliphatic carbocycles. The molecule has 0 radical (unpaired) electrons. The topological polar surface area (TPSA) is 47.0 Å². The van der Waals surface area contributed by atoms with E-state index in [-0.39, 0.29) is 0 Å². The lowest BCUT2D eigenvalue weighted by molar-refractivity contribution is 0.303. The highest BCUT2D eigenvalue weighted by Gasteiger charge is 2.23. The monoisotopic (exact) mass is 283 g/mol. The van der Waals surface area contributed by atoms with Crippen LogP contribution in [0.3, 0.4) is 0 Å². The fourth-order valence-electron chi connectivity index (χ4n) is 2.14. The summed E-state index contributed by atoms with van der Waals surface area (Å²) >= 11 is 0. The first-order valence-electron chi connectivity index (χ1n) is 7.61. The molecular weight excluding hydrogens is 262 g/mol. The SMILES string of the molecule is CCCNc1nc(C)cc(-c2cccc(OC3CC3)c2)n1. The van der Waals surface area contributed by atoms with E-state index < -0.39 is 0 Å². The van der Waals surface area contributed by atoms with E-state index in [4.69, 9.17) is 4.74 Å². The second-order valence-electron chi connectivity index (χ2n) is 5.49. The lowest BCUT2D eigenvalue weighted by Crippen LogP contribution is -2.05. The molecule has 1 fully saturated rings. The van der Waals surface area contributed by atoms with Crippen molar-refractivity contribution in [1.29, 1.82) is 0 Å². The summed E-state index contributed by atoms with van der Waals surface area (Å²) in [5, 5.41) is 3.25. The Morgan fingerprint density at radius 2 is 2.10 bits per heavy atom. The summed E-state index contributed by atoms with van der Waals surface area (Å²) in [5.41, 5.74) is 2.97. The fourth-order valence-corrected chi connectivity index (χ4v) is 2.14. The third-order valence-electron chi connectivity index (χ3n) is 3.34. The number of aryl methyl sites for hydroxylation is 1. The van der Waals surface area contributed by atoms with Gasteiger partial charge in [0.1, 0.15) is 5.75 Å². The van der Waals surface area contributed by atoms with Crippen molar-refractivity contribution in [2.24, 2.45) is 0 Å². The van der Waals surface area contributed by atoms with Gasteiger partial charge in [0.2, 0.25) is 5.95 Å². The number of aromatic nitrogens is 2. The standard InChI is InChI=1S/C17H21N3O/c1-3-9-18-17-19-12(2)10-16(20-17)13-5-4-6-15(11-13)21-14-7-8-14/h4-6,10-11,14H,3,7-9H2,1-2H3,(H,18,19,20). The minimum absolute atomic E-state index is 0.411. The molecule has 0 bridgehead atoms. The zero-order chi connectivity index (χ0) is 14.7. The van der Waals surface area contributed by atoms with Gasteiger partial charge in [-0.05, 0) is 44.4 Å². The maximum Gasteiger partial charge on any atom is 0.223 e. The smallest absolute Gasteiger partial charge is 0.223 e. The van der Waals surface area contributed by atoms with E-state index >= 15 is 0 Å². The Morgan fingerprint density at radius 3 is 2.86 bits per heavy atom. The molecule has 21 heavy (non-hydrogen) atoms. The van der Waals surface area contributed by atoms with E-state index in [1.165, 1.54) is 12.8 Å². The van der Waals surface area contributed by atoms with Crippen LogP contribution in [0.1, 0.15) is 31.9 Å². The van der Waals surface area contributed by atoms with Crippen LogP contribution in [-0.2, 0) is 0 Å². The van der Waals surface area contributed by atoms with Gasteiger partial charge in [-0.2, -0.15) is 0 Å². The number of ether oxygens (including phenoxy) is 1. The Kier molecular flexibility index (Phi) is 4.04. The predicted molar refractivity (Wildman–Crippen MR) is 84.6 cm³/mol. The van der Waals surface area contributed by atoms with Crippen molar-refractivity contribution in [2.75, 3.05) is 11.9 Å². The van der Waals surface area contributed by atoms with E-state index in [1.807, 2.05) is 25.1 Å². The van der Waals surface area contributed by atoms with Crippen LogP contribution in [0, 0.1) is 6.92 Å². The van der Waals surface area contributed by atoms with Crippen LogP contribution in [0.2, 0.25) is 0 Å². The second-order valence-corrected chi connectivity index (χ2v) is 5.49. The molecule has 1 N–H and O–H groups in total. The number of hydrogen-bond acceptors (Lipinski definition) is 4. The van der Waals surface area contributed by atoms with E-state index in [0.29, 0.717) is 12.1 Å². The van der Waals surface area contributed by atoms with E-state index in [2.05, 4.69) is 34.3 Å². The van der Waals surface area contributed by atoms with E-state index in [1.54, 1.807) is 0 Å². The van der Waals surface area contributed by atoms with Crippen LogP contribution in [0.25, 0.3) is 11.3 Å². The van der Waals surface area contributed by atoms with Crippen LogP contribution in [-0.4, -0.2) is 22.6 Å². The zero-order valence-electron chi connectivity index (χ0n) is 12.6. The average Bonchev–Trinajstić information content (AvgIpc) is 3.29. The van der Waals surface area contributed by atoms with Gasteiger partial charge in [-0.25, -0.2) is 9.97 Å². The van der Waals surface area contributed by atoms with Gasteiger partial charge in [-0.3, -0.25) is 0 Å². The predicted octanol–water partition coefficient (Wildman–Crippen LogP) is 3.82. The Labute approximate surface area is 125 Å². The molecule has 0 spiro atoms. The van der Waals surface area contributed by atoms with Crippen LogP contribution in [0.4, 0.5) is 5.95 Å². The van der Waals surface area contributed by atoms with Crippen molar-refractivity contribution in [2.45, 2.75) is 39.2 Å². The Balaban J connectivity index is 1.85. The summed E-state index contributed by atoms with van der Waals surface area (Å²) < 4.78 is 5.85. The number of nitrogens with zero attached hydrogens (tertiary/aromatic N) is 2. The Bertz CT molecular complexity index is 623. The van der Waals surface area contributed by atoms with Gasteiger partial charge < -0.3 is 10.1 Å². The summed E-state index contributed by atoms with van der Waals surface area (Å²) in [6.45, 7) is 5.00. The highest BCUT2D eigenvalue weighted by atomic mass is 16.5. The normalized spacial score (nSPS) is 14.0. The van der Waals surface area contributed by atoms with Crippen molar-refractivity contribution in [3.8, 4) is 17.0 Å². The molecule has 2 aromatic rings. The summed E-state index contributed by atoms with van der Waals surface area (Å²) in [6, 6.07) is 10.2. The third-order valence-corrected chi connectivity index (χ3v) is 3.34. The average molecular weight is 283 g/mol. The highest BCUT2D eigenvalue weighted by Crippen LogP contribution is 2.29. The number of benzene rings is 1. The van der Waals surface area contributed by atoms with Crippen molar-refractivity contribution < 1.29 is 4.74 Å². The molecule has 1 aliphatic rings. The zero-order valence-corrected chi connectivity index (χ0v) is 12.6. The van der Waals surface area contributed by atoms with Crippen LogP contribution >= 0.6 is 0 Å². The van der Waals surface area contributed by atoms with Gasteiger partial charge in [-0.1, -0.05) is 19.1 Å². The van der Waals surface area contributed by atoms with Gasteiger partial charge >= 0.3 is 0 Å². The van der Waals surface area contributed by atoms with Gasteiger partial charge in [0.05, 0.1) is 11.8 Å². The molecule has 110 valence electrons. The molecule has 0 aliphatic heterocycles. The van der Waals surface area contributed by atoms with Crippen LogP contribution in [0.15, 0.2) is 30.3 Å². The van der Waals surface area contributed by atoms with Crippen LogP contribution < -0.4 is 10.1 Å². The first kappa shape index (κ1) is 13.9. The Hall–Kier alpha value is -2.10. The fraction of sp³-hybridized carbons (Fsp3) is 0.412. The van der Waals surface area contributed by atoms with Gasteiger partial charge in [-0.15, -0.1) is 0 Å². The van der Waals surface area contributed by atoms with E-state index in [0.717, 1.165) is 35.7 Å². The lowest BCUT2D eigenvalue weighted by Gasteiger charge is -2.09. The molecule has 4 heteroatoms. The number of nitrogens with one attached hydrogen (secondary N) is 1. The largest absolute Gasteiger partial charge is 0.490 e.